The van der Waals surface area contributed by atoms with Gasteiger partial charge in [-0.1, -0.05) is 47.5 Å². The molecule has 1 aliphatic carbocycles. The summed E-state index contributed by atoms with van der Waals surface area (Å²) in [6.07, 6.45) is 3.82. The first-order valence-electron chi connectivity index (χ1n) is 10.5. The molecule has 3 aromatic heterocycles. The zero-order valence-corrected chi connectivity index (χ0v) is 19.4. The van der Waals surface area contributed by atoms with Crippen LogP contribution in [0.15, 0.2) is 48.8 Å². The fourth-order valence-electron chi connectivity index (χ4n) is 4.27. The van der Waals surface area contributed by atoms with Gasteiger partial charge in [-0.05, 0) is 37.5 Å². The number of nitrogens with one attached hydrogen (secondary N) is 1. The second-order valence-electron chi connectivity index (χ2n) is 8.61. The molecule has 0 radical (unpaired) electrons. The normalized spacial score (nSPS) is 20.0. The summed E-state index contributed by atoms with van der Waals surface area (Å²) in [5.41, 5.74) is 1.96. The number of hydrogen-bond donors (Lipinski definition) is 2. The minimum atomic E-state index is -2.83. The zero-order valence-electron chi connectivity index (χ0n) is 17.8. The summed E-state index contributed by atoms with van der Waals surface area (Å²) < 4.78 is 28.3. The van der Waals surface area contributed by atoms with E-state index in [0.29, 0.717) is 56.3 Å². The number of imidazole rings is 1. The van der Waals surface area contributed by atoms with Gasteiger partial charge in [-0.2, -0.15) is 13.9 Å². The third-order valence-corrected chi connectivity index (χ3v) is 6.54. The van der Waals surface area contributed by atoms with E-state index in [-0.39, 0.29) is 17.1 Å². The van der Waals surface area contributed by atoms with Crippen molar-refractivity contribution in [1.82, 2.24) is 24.5 Å². The van der Waals surface area contributed by atoms with Crippen LogP contribution >= 0.6 is 23.2 Å². The molecular weight excluding hydrogens is 487 g/mol. The van der Waals surface area contributed by atoms with Crippen molar-refractivity contribution in [3.8, 4) is 22.4 Å². The summed E-state index contributed by atoms with van der Waals surface area (Å²) in [5, 5.41) is 16.7. The van der Waals surface area contributed by atoms with Crippen molar-refractivity contribution in [3.05, 3.63) is 64.7 Å². The van der Waals surface area contributed by atoms with Crippen molar-refractivity contribution in [3.63, 3.8) is 0 Å². The van der Waals surface area contributed by atoms with Crippen LogP contribution in [0.25, 0.3) is 28.0 Å². The number of pyridine rings is 1. The summed E-state index contributed by atoms with van der Waals surface area (Å²) in [7, 11) is 0. The van der Waals surface area contributed by atoms with E-state index in [9.17, 15) is 18.7 Å². The quantitative estimate of drug-likeness (QED) is 0.389. The van der Waals surface area contributed by atoms with Gasteiger partial charge in [0.15, 0.2) is 5.15 Å². The van der Waals surface area contributed by atoms with Crippen LogP contribution in [-0.4, -0.2) is 41.8 Å². The summed E-state index contributed by atoms with van der Waals surface area (Å²) in [5.74, 6) is -0.268. The van der Waals surface area contributed by atoms with Crippen molar-refractivity contribution >= 4 is 34.8 Å². The second kappa shape index (κ2) is 8.33. The molecular formula is C23H19Cl2F2N5O2. The Morgan fingerprint density at radius 3 is 2.56 bits per heavy atom. The Kier molecular flexibility index (Phi) is 5.58. The molecule has 3 heterocycles. The van der Waals surface area contributed by atoms with Crippen LogP contribution in [0.1, 0.15) is 36.7 Å². The predicted molar refractivity (Wildman–Crippen MR) is 124 cm³/mol. The lowest BCUT2D eigenvalue weighted by atomic mass is 9.77. The van der Waals surface area contributed by atoms with Gasteiger partial charge in [-0.3, -0.25) is 9.20 Å². The molecule has 0 bridgehead atoms. The van der Waals surface area contributed by atoms with Gasteiger partial charge >= 0.3 is 6.55 Å². The van der Waals surface area contributed by atoms with Crippen molar-refractivity contribution in [2.24, 2.45) is 0 Å². The number of aromatic nitrogens is 4. The number of halogens is 4. The average molecular weight is 506 g/mol. The largest absolute Gasteiger partial charge is 0.390 e. The molecule has 176 valence electrons. The number of aliphatic hydroxyl groups is 1. The lowest BCUT2D eigenvalue weighted by molar-refractivity contribution is -0.0367. The first kappa shape index (κ1) is 22.8. The number of alkyl halides is 2. The molecule has 1 aromatic carbocycles. The van der Waals surface area contributed by atoms with Crippen molar-refractivity contribution in [2.75, 3.05) is 0 Å². The SMILES string of the molecule is CC1(O)CC(NC(=O)c2ccn3c(Cl)c(-c4ccccc4-c4cn(C(F)F)nc4Cl)nc3c2)C1. The lowest BCUT2D eigenvalue weighted by Crippen LogP contribution is -2.53. The minimum Gasteiger partial charge on any atom is -0.390 e. The summed E-state index contributed by atoms with van der Waals surface area (Å²) >= 11 is 12.8. The molecule has 11 heteroatoms. The van der Waals surface area contributed by atoms with E-state index in [1.54, 1.807) is 53.9 Å². The number of nitrogens with zero attached hydrogens (tertiary/aromatic N) is 4. The molecule has 2 N–H and O–H groups in total. The number of hydrogen-bond acceptors (Lipinski definition) is 4. The lowest BCUT2D eigenvalue weighted by Gasteiger charge is -2.41. The molecule has 1 saturated carbocycles. The van der Waals surface area contributed by atoms with Crippen LogP contribution in [0, 0.1) is 0 Å². The third-order valence-electron chi connectivity index (χ3n) is 5.90. The van der Waals surface area contributed by atoms with Gasteiger partial charge in [0.2, 0.25) is 0 Å². The summed E-state index contributed by atoms with van der Waals surface area (Å²) in [6, 6.07) is 10.2. The molecule has 4 aromatic rings. The van der Waals surface area contributed by atoms with Gasteiger partial charge < -0.3 is 10.4 Å². The number of fused-ring (bicyclic) bond motifs is 1. The van der Waals surface area contributed by atoms with E-state index in [1.165, 1.54) is 6.20 Å². The second-order valence-corrected chi connectivity index (χ2v) is 9.32. The monoisotopic (exact) mass is 505 g/mol. The van der Waals surface area contributed by atoms with Crippen LogP contribution in [0.2, 0.25) is 10.3 Å². The average Bonchev–Trinajstić information content (AvgIpc) is 3.32. The van der Waals surface area contributed by atoms with E-state index in [1.807, 2.05) is 0 Å². The van der Waals surface area contributed by atoms with E-state index >= 15 is 0 Å². The Labute approximate surface area is 202 Å². The topological polar surface area (TPSA) is 84.5 Å². The van der Waals surface area contributed by atoms with Crippen molar-refractivity contribution in [1.29, 1.82) is 0 Å². The third kappa shape index (κ3) is 4.04. The maximum absolute atomic E-state index is 13.1. The van der Waals surface area contributed by atoms with Gasteiger partial charge in [-0.25, -0.2) is 9.67 Å². The van der Waals surface area contributed by atoms with E-state index in [4.69, 9.17) is 23.2 Å². The number of carbonyl (C=O) groups is 1. The number of rotatable bonds is 5. The van der Waals surface area contributed by atoms with Gasteiger partial charge in [0.1, 0.15) is 16.5 Å². The van der Waals surface area contributed by atoms with Gasteiger partial charge in [0.05, 0.1) is 5.60 Å². The zero-order chi connectivity index (χ0) is 24.2. The Morgan fingerprint density at radius 1 is 1.21 bits per heavy atom. The van der Waals surface area contributed by atoms with E-state index in [0.717, 1.165) is 0 Å². The molecule has 0 unspecified atom stereocenters. The highest BCUT2D eigenvalue weighted by Gasteiger charge is 2.39. The summed E-state index contributed by atoms with van der Waals surface area (Å²) in [4.78, 5) is 17.3. The fourth-order valence-corrected chi connectivity index (χ4v) is 4.80. The van der Waals surface area contributed by atoms with Crippen LogP contribution in [0.4, 0.5) is 8.78 Å². The molecule has 0 saturated heterocycles. The van der Waals surface area contributed by atoms with Gasteiger partial charge in [-0.15, -0.1) is 0 Å². The standard InChI is InChI=1S/C23H19Cl2F2N5O2/c1-23(34)9-13(10-23)28-21(33)12-6-7-31-17(8-12)29-18(20(31)25)15-5-3-2-4-14(15)16-11-32(22(26)27)30-19(16)24/h2-8,11,13,22,34H,9-10H2,1H3,(H,28,33). The highest BCUT2D eigenvalue weighted by Crippen LogP contribution is 2.39. The van der Waals surface area contributed by atoms with Crippen LogP contribution in [-0.2, 0) is 0 Å². The predicted octanol–water partition coefficient (Wildman–Crippen LogP) is 5.21. The van der Waals surface area contributed by atoms with Crippen LogP contribution in [0.5, 0.6) is 0 Å². The molecule has 1 amide bonds. The molecule has 0 aliphatic heterocycles. The Hall–Kier alpha value is -3.01. The maximum atomic E-state index is 13.1. The smallest absolute Gasteiger partial charge is 0.333 e. The molecule has 0 atom stereocenters. The fraction of sp³-hybridized carbons (Fsp3) is 0.261. The Morgan fingerprint density at radius 2 is 1.91 bits per heavy atom. The highest BCUT2D eigenvalue weighted by molar-refractivity contribution is 6.33. The number of benzene rings is 1. The first-order valence-corrected chi connectivity index (χ1v) is 11.2. The first-order chi connectivity index (χ1) is 16.1. The van der Waals surface area contributed by atoms with E-state index in [2.05, 4.69) is 15.4 Å². The number of amides is 1. The molecule has 1 fully saturated rings. The van der Waals surface area contributed by atoms with Crippen molar-refractivity contribution in [2.45, 2.75) is 38.0 Å². The Bertz CT molecular complexity index is 1410. The minimum absolute atomic E-state index is 0.0680. The molecule has 5 rings (SSSR count). The molecule has 1 aliphatic rings. The van der Waals surface area contributed by atoms with Crippen LogP contribution in [0.3, 0.4) is 0 Å². The highest BCUT2D eigenvalue weighted by atomic mass is 35.5. The maximum Gasteiger partial charge on any atom is 0.333 e. The molecule has 34 heavy (non-hydrogen) atoms. The molecule has 7 nitrogen and oxygen atoms in total. The Balaban J connectivity index is 1.51. The molecule has 0 spiro atoms. The summed E-state index contributed by atoms with van der Waals surface area (Å²) in [6.45, 7) is -1.09. The van der Waals surface area contributed by atoms with Gasteiger partial charge in [0.25, 0.3) is 5.91 Å². The number of carbonyl (C=O) groups excluding carboxylic acids is 1. The van der Waals surface area contributed by atoms with Gasteiger partial charge in [0, 0.05) is 35.1 Å². The van der Waals surface area contributed by atoms with Crippen molar-refractivity contribution < 1.29 is 18.7 Å². The van der Waals surface area contributed by atoms with Crippen LogP contribution < -0.4 is 5.32 Å². The van der Waals surface area contributed by atoms with E-state index < -0.39 is 12.2 Å².